The van der Waals surface area contributed by atoms with Crippen molar-refractivity contribution in [1.82, 2.24) is 5.32 Å². The van der Waals surface area contributed by atoms with E-state index in [4.69, 9.17) is 21.1 Å². The summed E-state index contributed by atoms with van der Waals surface area (Å²) in [5, 5.41) is 2.90. The molecule has 1 heterocycles. The van der Waals surface area contributed by atoms with Crippen LogP contribution in [-0.4, -0.2) is 24.5 Å². The summed E-state index contributed by atoms with van der Waals surface area (Å²) in [6.07, 6.45) is 2.07. The summed E-state index contributed by atoms with van der Waals surface area (Å²) >= 11 is 8.20. The van der Waals surface area contributed by atoms with Crippen molar-refractivity contribution in [2.24, 2.45) is 0 Å². The molecule has 3 aromatic carbocycles. The summed E-state index contributed by atoms with van der Waals surface area (Å²) in [5.41, 5.74) is 2.56. The summed E-state index contributed by atoms with van der Waals surface area (Å²) < 4.78 is 12.6. The zero-order valence-electron chi connectivity index (χ0n) is 20.2. The highest BCUT2D eigenvalue weighted by Gasteiger charge is 2.37. The van der Waals surface area contributed by atoms with Gasteiger partial charge < -0.3 is 9.47 Å². The fraction of sp³-hybridized carbons (Fsp3) is 0.179. The Morgan fingerprint density at radius 1 is 1.00 bits per heavy atom. The molecule has 7 nitrogen and oxygen atoms in total. The van der Waals surface area contributed by atoms with E-state index in [0.717, 1.165) is 19.6 Å². The van der Waals surface area contributed by atoms with Gasteiger partial charge in [0.25, 0.3) is 11.8 Å². The number of amides is 4. The van der Waals surface area contributed by atoms with Crippen LogP contribution in [-0.2, 0) is 22.6 Å². The van der Waals surface area contributed by atoms with Crippen LogP contribution in [0.15, 0.2) is 66.2 Å². The highest BCUT2D eigenvalue weighted by Crippen LogP contribution is 2.36. The van der Waals surface area contributed by atoms with Crippen LogP contribution in [0, 0.1) is 3.57 Å². The summed E-state index contributed by atoms with van der Waals surface area (Å²) in [5.74, 6) is -0.438. The largest absolute Gasteiger partial charge is 0.490 e. The number of carbonyl (C=O) groups excluding carboxylic acids is 3. The smallest absolute Gasteiger partial charge is 0.335 e. The van der Waals surface area contributed by atoms with Crippen LogP contribution in [0.2, 0.25) is 5.02 Å². The molecule has 1 fully saturated rings. The van der Waals surface area contributed by atoms with E-state index in [9.17, 15) is 14.4 Å². The zero-order valence-corrected chi connectivity index (χ0v) is 23.1. The van der Waals surface area contributed by atoms with Gasteiger partial charge >= 0.3 is 6.03 Å². The third-order valence-corrected chi connectivity index (χ3v) is 6.67. The molecule has 0 aromatic heterocycles. The van der Waals surface area contributed by atoms with Crippen molar-refractivity contribution in [3.63, 3.8) is 0 Å². The summed E-state index contributed by atoms with van der Waals surface area (Å²) in [6, 6.07) is 17.2. The minimum atomic E-state index is -0.776. The number of ether oxygens (including phenoxy) is 2. The Labute approximate surface area is 233 Å². The third-order valence-electron chi connectivity index (χ3n) is 5.63. The number of urea groups is 1. The first-order valence-electron chi connectivity index (χ1n) is 11.6. The van der Waals surface area contributed by atoms with Crippen molar-refractivity contribution in [2.45, 2.75) is 26.9 Å². The molecule has 0 radical (unpaired) electrons. The molecule has 0 bridgehead atoms. The summed E-state index contributed by atoms with van der Waals surface area (Å²) in [7, 11) is 0. The average Bonchev–Trinajstić information content (AvgIpc) is 2.86. The fourth-order valence-electron chi connectivity index (χ4n) is 3.93. The van der Waals surface area contributed by atoms with E-state index in [1.165, 1.54) is 6.08 Å². The number of nitrogens with one attached hydrogen (secondary N) is 1. The number of hydrogen-bond donors (Lipinski definition) is 1. The lowest BCUT2D eigenvalue weighted by Gasteiger charge is -2.28. The minimum Gasteiger partial charge on any atom is -0.490 e. The van der Waals surface area contributed by atoms with Gasteiger partial charge in [-0.1, -0.05) is 48.9 Å². The molecule has 3 aromatic rings. The Kier molecular flexibility index (Phi) is 8.50. The molecule has 4 rings (SSSR count). The third kappa shape index (κ3) is 5.97. The number of anilines is 1. The van der Waals surface area contributed by atoms with Gasteiger partial charge in [-0.15, -0.1) is 0 Å². The number of benzene rings is 3. The van der Waals surface area contributed by atoms with Crippen LogP contribution in [0.1, 0.15) is 30.5 Å². The number of hydrogen-bond acceptors (Lipinski definition) is 5. The first kappa shape index (κ1) is 26.7. The van der Waals surface area contributed by atoms with Crippen molar-refractivity contribution in [3.8, 4) is 11.5 Å². The quantitative estimate of drug-likeness (QED) is 0.183. The molecule has 1 N–H and O–H groups in total. The van der Waals surface area contributed by atoms with Crippen LogP contribution >= 0.6 is 34.2 Å². The zero-order chi connectivity index (χ0) is 26.5. The molecule has 1 saturated heterocycles. The predicted molar refractivity (Wildman–Crippen MR) is 151 cm³/mol. The van der Waals surface area contributed by atoms with E-state index in [2.05, 4.69) is 27.9 Å². The predicted octanol–water partition coefficient (Wildman–Crippen LogP) is 6.15. The van der Waals surface area contributed by atoms with Gasteiger partial charge in [0.2, 0.25) is 0 Å². The molecule has 4 amide bonds. The molecule has 0 atom stereocenters. The Morgan fingerprint density at radius 2 is 1.78 bits per heavy atom. The molecule has 9 heteroatoms. The second-order valence-corrected chi connectivity index (χ2v) is 9.72. The van der Waals surface area contributed by atoms with Gasteiger partial charge in [-0.25, -0.2) is 9.69 Å². The number of nitrogens with zero attached hydrogens (tertiary/aromatic N) is 1. The molecule has 1 aliphatic heterocycles. The number of halogens is 2. The molecule has 0 spiro atoms. The van der Waals surface area contributed by atoms with Gasteiger partial charge in [-0.3, -0.25) is 14.9 Å². The number of aryl methyl sites for hydroxylation is 1. The van der Waals surface area contributed by atoms with E-state index in [1.54, 1.807) is 30.3 Å². The highest BCUT2D eigenvalue weighted by atomic mass is 127. The maximum atomic E-state index is 13.4. The van der Waals surface area contributed by atoms with Crippen LogP contribution < -0.4 is 19.7 Å². The maximum absolute atomic E-state index is 13.4. The van der Waals surface area contributed by atoms with Crippen molar-refractivity contribution >= 4 is 63.8 Å². The highest BCUT2D eigenvalue weighted by molar-refractivity contribution is 14.1. The van der Waals surface area contributed by atoms with Crippen LogP contribution in [0.25, 0.3) is 6.08 Å². The first-order chi connectivity index (χ1) is 17.8. The Bertz CT molecular complexity index is 1410. The van der Waals surface area contributed by atoms with Gasteiger partial charge in [0.1, 0.15) is 12.2 Å². The number of rotatable bonds is 8. The lowest BCUT2D eigenvalue weighted by Crippen LogP contribution is -2.54. The number of barbiturate groups is 1. The average molecular weight is 631 g/mol. The van der Waals surface area contributed by atoms with Crippen molar-refractivity contribution in [1.29, 1.82) is 0 Å². The van der Waals surface area contributed by atoms with E-state index < -0.39 is 17.8 Å². The maximum Gasteiger partial charge on any atom is 0.335 e. The van der Waals surface area contributed by atoms with Crippen molar-refractivity contribution in [3.05, 3.63) is 91.5 Å². The Hall–Kier alpha value is -3.37. The van der Waals surface area contributed by atoms with Gasteiger partial charge in [-0.05, 0) is 89.0 Å². The molecule has 0 saturated carbocycles. The number of carbonyl (C=O) groups is 3. The first-order valence-corrected chi connectivity index (χ1v) is 13.1. The second kappa shape index (κ2) is 11.8. The molecular formula is C28H24ClIN2O5. The summed E-state index contributed by atoms with van der Waals surface area (Å²) in [6.45, 7) is 4.46. The van der Waals surface area contributed by atoms with Crippen LogP contribution in [0.4, 0.5) is 10.5 Å². The normalized spacial score (nSPS) is 14.6. The van der Waals surface area contributed by atoms with E-state index in [0.29, 0.717) is 40.8 Å². The lowest BCUT2D eigenvalue weighted by atomic mass is 10.0. The van der Waals surface area contributed by atoms with Crippen LogP contribution in [0.3, 0.4) is 0 Å². The minimum absolute atomic E-state index is 0.156. The van der Waals surface area contributed by atoms with Gasteiger partial charge in [0.15, 0.2) is 11.5 Å². The summed E-state index contributed by atoms with van der Waals surface area (Å²) in [4.78, 5) is 39.7. The van der Waals surface area contributed by atoms with E-state index >= 15 is 0 Å². The Morgan fingerprint density at radius 3 is 2.51 bits per heavy atom. The lowest BCUT2D eigenvalue weighted by molar-refractivity contribution is -0.122. The fourth-order valence-corrected chi connectivity index (χ4v) is 4.92. The molecule has 37 heavy (non-hydrogen) atoms. The van der Waals surface area contributed by atoms with Gasteiger partial charge in [0.05, 0.1) is 15.9 Å². The van der Waals surface area contributed by atoms with Gasteiger partial charge in [-0.2, -0.15) is 0 Å². The second-order valence-electron chi connectivity index (χ2n) is 8.12. The molecule has 0 aliphatic carbocycles. The molecule has 190 valence electrons. The molecular weight excluding hydrogens is 607 g/mol. The van der Waals surface area contributed by atoms with Crippen molar-refractivity contribution in [2.75, 3.05) is 11.5 Å². The Balaban J connectivity index is 1.68. The topological polar surface area (TPSA) is 84.9 Å². The van der Waals surface area contributed by atoms with E-state index in [1.807, 2.05) is 44.2 Å². The monoisotopic (exact) mass is 630 g/mol. The SMILES string of the molecule is CCOc1cc(/C=C2/C(=O)NC(=O)N(c3ccccc3CC)C2=O)cc(I)c1OCc1cccc(Cl)c1. The molecule has 1 aliphatic rings. The van der Waals surface area contributed by atoms with E-state index in [-0.39, 0.29) is 12.2 Å². The molecule has 0 unspecified atom stereocenters. The van der Waals surface area contributed by atoms with Gasteiger partial charge in [0, 0.05) is 5.02 Å². The number of imide groups is 2. The van der Waals surface area contributed by atoms with Crippen molar-refractivity contribution < 1.29 is 23.9 Å². The van der Waals surface area contributed by atoms with Crippen LogP contribution in [0.5, 0.6) is 11.5 Å². The number of para-hydroxylation sites is 1. The standard InChI is InChI=1S/C28H24ClIN2O5/c1-3-19-9-5-6-11-23(19)32-27(34)21(26(33)31-28(32)35)13-18-14-22(30)25(24(15-18)36-4-2)37-16-17-8-7-10-20(29)12-17/h5-15H,3-4,16H2,1-2H3,(H,31,33,35)/b21-13-.